The van der Waals surface area contributed by atoms with Crippen LogP contribution >= 0.6 is 11.6 Å². The van der Waals surface area contributed by atoms with Gasteiger partial charge in [0.25, 0.3) is 5.56 Å². The Kier molecular flexibility index (Phi) is 6.57. The van der Waals surface area contributed by atoms with E-state index in [1.54, 1.807) is 29.0 Å². The van der Waals surface area contributed by atoms with E-state index in [1.165, 1.54) is 0 Å². The molecule has 1 heterocycles. The van der Waals surface area contributed by atoms with Crippen molar-refractivity contribution in [3.8, 4) is 0 Å². The van der Waals surface area contributed by atoms with Crippen molar-refractivity contribution in [3.05, 3.63) is 69.5 Å². The molecule has 0 bridgehead atoms. The highest BCUT2D eigenvalue weighted by atomic mass is 35.5. The van der Waals surface area contributed by atoms with Gasteiger partial charge in [-0.15, -0.1) is 0 Å². The number of para-hydroxylation sites is 1. The van der Waals surface area contributed by atoms with Crippen molar-refractivity contribution in [2.75, 3.05) is 18.6 Å². The van der Waals surface area contributed by atoms with Gasteiger partial charge in [-0.25, -0.2) is 10.4 Å². The van der Waals surface area contributed by atoms with Crippen molar-refractivity contribution < 1.29 is 4.74 Å². The molecule has 0 amide bonds. The molecular formula is C20H21ClN4O2. The first kappa shape index (κ1) is 19.1. The van der Waals surface area contributed by atoms with E-state index in [9.17, 15) is 4.79 Å². The number of benzene rings is 2. The molecule has 3 rings (SSSR count). The summed E-state index contributed by atoms with van der Waals surface area (Å²) in [6.07, 6.45) is 2.37. The number of nitrogens with one attached hydrogen (secondary N) is 1. The second-order valence-corrected chi connectivity index (χ2v) is 6.32. The number of hydrazone groups is 1. The van der Waals surface area contributed by atoms with Crippen molar-refractivity contribution in [1.29, 1.82) is 0 Å². The van der Waals surface area contributed by atoms with Crippen molar-refractivity contribution in [2.45, 2.75) is 19.9 Å². The summed E-state index contributed by atoms with van der Waals surface area (Å²) < 4.78 is 6.97. The Morgan fingerprint density at radius 2 is 2.00 bits per heavy atom. The van der Waals surface area contributed by atoms with Gasteiger partial charge in [0.05, 0.1) is 17.1 Å². The van der Waals surface area contributed by atoms with Gasteiger partial charge in [-0.1, -0.05) is 35.9 Å². The zero-order valence-corrected chi connectivity index (χ0v) is 15.8. The monoisotopic (exact) mass is 384 g/mol. The molecule has 140 valence electrons. The van der Waals surface area contributed by atoms with Crippen LogP contribution in [0.5, 0.6) is 0 Å². The summed E-state index contributed by atoms with van der Waals surface area (Å²) in [5.74, 6) is 0.403. The fraction of sp³-hybridized carbons (Fsp3) is 0.250. The summed E-state index contributed by atoms with van der Waals surface area (Å²) in [7, 11) is 0. The van der Waals surface area contributed by atoms with Gasteiger partial charge < -0.3 is 4.74 Å². The number of aromatic nitrogens is 2. The molecule has 0 fully saturated rings. The topological polar surface area (TPSA) is 68.5 Å². The first-order valence-electron chi connectivity index (χ1n) is 8.81. The summed E-state index contributed by atoms with van der Waals surface area (Å²) in [5, 5.41) is 5.47. The second kappa shape index (κ2) is 9.30. The third kappa shape index (κ3) is 4.93. The second-order valence-electron chi connectivity index (χ2n) is 5.88. The van der Waals surface area contributed by atoms with Crippen LogP contribution in [-0.4, -0.2) is 29.0 Å². The van der Waals surface area contributed by atoms with Crippen molar-refractivity contribution >= 4 is 34.7 Å². The van der Waals surface area contributed by atoms with Crippen LogP contribution < -0.4 is 11.0 Å². The standard InChI is InChI=1S/C20H21ClN4O2/c1-2-27-13-5-12-25-19(26)17-6-3-4-7-18(17)23-20(25)24-22-14-15-8-10-16(21)11-9-15/h3-4,6-11,14H,2,5,12-13H2,1H3,(H,23,24)/b22-14-. The average molecular weight is 385 g/mol. The normalized spacial score (nSPS) is 11.3. The Labute approximate surface area is 162 Å². The average Bonchev–Trinajstić information content (AvgIpc) is 2.68. The third-order valence-electron chi connectivity index (χ3n) is 3.98. The number of anilines is 1. The van der Waals surface area contributed by atoms with E-state index < -0.39 is 0 Å². The third-order valence-corrected chi connectivity index (χ3v) is 4.24. The van der Waals surface area contributed by atoms with Crippen LogP contribution in [0.2, 0.25) is 5.02 Å². The Morgan fingerprint density at radius 1 is 1.22 bits per heavy atom. The number of nitrogens with zero attached hydrogens (tertiary/aromatic N) is 3. The molecule has 2 aromatic carbocycles. The molecule has 0 saturated carbocycles. The molecule has 1 aromatic heterocycles. The van der Waals surface area contributed by atoms with Crippen LogP contribution in [-0.2, 0) is 11.3 Å². The molecule has 3 aromatic rings. The zero-order chi connectivity index (χ0) is 19.1. The van der Waals surface area contributed by atoms with E-state index in [2.05, 4.69) is 15.5 Å². The smallest absolute Gasteiger partial charge is 0.262 e. The Balaban J connectivity index is 1.86. The van der Waals surface area contributed by atoms with E-state index in [0.29, 0.717) is 48.1 Å². The van der Waals surface area contributed by atoms with Crippen LogP contribution in [0.1, 0.15) is 18.9 Å². The van der Waals surface area contributed by atoms with Crippen LogP contribution in [0.4, 0.5) is 5.95 Å². The van der Waals surface area contributed by atoms with Crippen LogP contribution in [0, 0.1) is 0 Å². The minimum atomic E-state index is -0.0960. The largest absolute Gasteiger partial charge is 0.382 e. The summed E-state index contributed by atoms with van der Waals surface area (Å²) in [5.41, 5.74) is 4.32. The molecule has 0 aliphatic carbocycles. The lowest BCUT2D eigenvalue weighted by molar-refractivity contribution is 0.141. The van der Waals surface area contributed by atoms with Gasteiger partial charge in [0, 0.05) is 24.8 Å². The van der Waals surface area contributed by atoms with E-state index in [4.69, 9.17) is 16.3 Å². The van der Waals surface area contributed by atoms with Gasteiger partial charge in [-0.2, -0.15) is 5.10 Å². The first-order chi connectivity index (χ1) is 13.2. The predicted octanol–water partition coefficient (Wildman–Crippen LogP) is 3.92. The maximum atomic E-state index is 12.9. The van der Waals surface area contributed by atoms with E-state index in [0.717, 1.165) is 5.56 Å². The lowest BCUT2D eigenvalue weighted by Crippen LogP contribution is -2.25. The number of halogens is 1. The molecule has 0 atom stereocenters. The first-order valence-corrected chi connectivity index (χ1v) is 9.19. The van der Waals surface area contributed by atoms with E-state index in [-0.39, 0.29) is 5.56 Å². The maximum absolute atomic E-state index is 12.9. The quantitative estimate of drug-likeness (QED) is 0.363. The highest BCUT2D eigenvalue weighted by Gasteiger charge is 2.10. The van der Waals surface area contributed by atoms with Gasteiger partial charge in [-0.3, -0.25) is 9.36 Å². The minimum absolute atomic E-state index is 0.0960. The number of hydrogen-bond acceptors (Lipinski definition) is 5. The van der Waals surface area contributed by atoms with Gasteiger partial charge in [0.15, 0.2) is 0 Å². The Hall–Kier alpha value is -2.70. The molecule has 6 nitrogen and oxygen atoms in total. The van der Waals surface area contributed by atoms with Crippen molar-refractivity contribution in [2.24, 2.45) is 5.10 Å². The van der Waals surface area contributed by atoms with Crippen LogP contribution in [0.25, 0.3) is 10.9 Å². The fourth-order valence-corrected chi connectivity index (χ4v) is 2.77. The highest BCUT2D eigenvalue weighted by Crippen LogP contribution is 2.12. The minimum Gasteiger partial charge on any atom is -0.382 e. The number of fused-ring (bicyclic) bond motifs is 1. The van der Waals surface area contributed by atoms with E-state index in [1.807, 2.05) is 37.3 Å². The molecule has 0 aliphatic rings. The fourth-order valence-electron chi connectivity index (χ4n) is 2.64. The SMILES string of the molecule is CCOCCCn1c(N/N=C\c2ccc(Cl)cc2)nc2ccccc2c1=O. The molecule has 1 N–H and O–H groups in total. The molecule has 7 heteroatoms. The number of rotatable bonds is 8. The van der Waals surface area contributed by atoms with Gasteiger partial charge in [-0.05, 0) is 43.2 Å². The highest BCUT2D eigenvalue weighted by molar-refractivity contribution is 6.30. The molecule has 0 spiro atoms. The molecule has 27 heavy (non-hydrogen) atoms. The lowest BCUT2D eigenvalue weighted by atomic mass is 10.2. The van der Waals surface area contributed by atoms with E-state index >= 15 is 0 Å². The van der Waals surface area contributed by atoms with Crippen molar-refractivity contribution in [3.63, 3.8) is 0 Å². The Bertz CT molecular complexity index is 983. The maximum Gasteiger partial charge on any atom is 0.262 e. The van der Waals surface area contributed by atoms with Crippen LogP contribution in [0.15, 0.2) is 58.4 Å². The summed E-state index contributed by atoms with van der Waals surface area (Å²) in [6, 6.07) is 14.6. The predicted molar refractivity (Wildman–Crippen MR) is 110 cm³/mol. The molecule has 0 aliphatic heterocycles. The van der Waals surface area contributed by atoms with Crippen LogP contribution in [0.3, 0.4) is 0 Å². The lowest BCUT2D eigenvalue weighted by Gasteiger charge is -2.12. The summed E-state index contributed by atoms with van der Waals surface area (Å²) in [6.45, 7) is 3.68. The molecule has 0 saturated heterocycles. The van der Waals surface area contributed by atoms with Gasteiger partial charge in [0.1, 0.15) is 0 Å². The summed E-state index contributed by atoms with van der Waals surface area (Å²) in [4.78, 5) is 17.4. The number of ether oxygens (including phenoxy) is 1. The van der Waals surface area contributed by atoms with Gasteiger partial charge in [0.2, 0.25) is 5.95 Å². The van der Waals surface area contributed by atoms with Crippen molar-refractivity contribution in [1.82, 2.24) is 9.55 Å². The molecule has 0 radical (unpaired) electrons. The molecule has 0 unspecified atom stereocenters. The number of hydrogen-bond donors (Lipinski definition) is 1. The van der Waals surface area contributed by atoms with Gasteiger partial charge >= 0.3 is 0 Å². The Morgan fingerprint density at radius 3 is 2.78 bits per heavy atom. The zero-order valence-electron chi connectivity index (χ0n) is 15.1. The molecular weight excluding hydrogens is 364 g/mol. The summed E-state index contributed by atoms with van der Waals surface area (Å²) >= 11 is 5.89.